The molecule has 116 valence electrons. The summed E-state index contributed by atoms with van der Waals surface area (Å²) in [6.45, 7) is -0.520. The van der Waals surface area contributed by atoms with Gasteiger partial charge >= 0.3 is 5.97 Å². The molecule has 0 saturated heterocycles. The Morgan fingerprint density at radius 3 is 2.35 bits per heavy atom. The molecule has 2 amide bonds. The zero-order valence-electron chi connectivity index (χ0n) is 11.8. The van der Waals surface area contributed by atoms with E-state index in [4.69, 9.17) is 5.73 Å². The maximum Gasteiger partial charge on any atom is 0.354 e. The lowest BCUT2D eigenvalue weighted by Crippen LogP contribution is -2.35. The third-order valence-electron chi connectivity index (χ3n) is 3.18. The molecule has 23 heavy (non-hydrogen) atoms. The van der Waals surface area contributed by atoms with Gasteiger partial charge in [0.25, 0.3) is 11.8 Å². The number of fused-ring (bicyclic) bond motifs is 1. The van der Waals surface area contributed by atoms with E-state index in [0.717, 1.165) is 4.90 Å². The van der Waals surface area contributed by atoms with Crippen LogP contribution >= 0.6 is 11.3 Å². The molecular weight excluding hydrogens is 318 g/mol. The van der Waals surface area contributed by atoms with Crippen molar-refractivity contribution in [1.82, 2.24) is 4.90 Å². The van der Waals surface area contributed by atoms with Crippen molar-refractivity contribution in [3.05, 3.63) is 57.8 Å². The number of rotatable bonds is 4. The minimum absolute atomic E-state index is 0.0516. The van der Waals surface area contributed by atoms with E-state index in [1.54, 1.807) is 29.6 Å². The zero-order valence-corrected chi connectivity index (χ0v) is 12.6. The van der Waals surface area contributed by atoms with E-state index in [9.17, 15) is 14.4 Å². The number of nitrogens with zero attached hydrogens (tertiary/aromatic N) is 2. The summed E-state index contributed by atoms with van der Waals surface area (Å²) in [5.74, 6) is -1.86. The van der Waals surface area contributed by atoms with Gasteiger partial charge in [0, 0.05) is 0 Å². The number of amidine groups is 1. The van der Waals surface area contributed by atoms with E-state index in [1.807, 2.05) is 0 Å². The Hall–Kier alpha value is -3.00. The van der Waals surface area contributed by atoms with Crippen LogP contribution in [0.15, 0.2) is 46.9 Å². The Balaban J connectivity index is 1.67. The predicted molar refractivity (Wildman–Crippen MR) is 82.9 cm³/mol. The molecule has 1 aromatic heterocycles. The molecule has 0 atom stereocenters. The molecule has 1 aromatic carbocycles. The molecule has 0 aliphatic carbocycles. The first-order valence-electron chi connectivity index (χ1n) is 6.60. The van der Waals surface area contributed by atoms with Crippen LogP contribution in [0.5, 0.6) is 0 Å². The minimum Gasteiger partial charge on any atom is -0.380 e. The van der Waals surface area contributed by atoms with Gasteiger partial charge in [-0.15, -0.1) is 11.3 Å². The molecule has 7 nitrogen and oxygen atoms in total. The molecule has 2 aromatic rings. The Morgan fingerprint density at radius 1 is 1.13 bits per heavy atom. The molecule has 0 spiro atoms. The summed E-state index contributed by atoms with van der Waals surface area (Å²) in [4.78, 5) is 42.1. The Kier molecular flexibility index (Phi) is 3.90. The van der Waals surface area contributed by atoms with Crippen LogP contribution in [0, 0.1) is 0 Å². The normalized spacial score (nSPS) is 14.1. The van der Waals surface area contributed by atoms with Crippen LogP contribution in [0.1, 0.15) is 25.6 Å². The maximum absolute atomic E-state index is 12.1. The van der Waals surface area contributed by atoms with Crippen LogP contribution in [0.25, 0.3) is 0 Å². The van der Waals surface area contributed by atoms with Crippen molar-refractivity contribution >= 4 is 35.0 Å². The lowest BCUT2D eigenvalue weighted by atomic mass is 10.1. The van der Waals surface area contributed by atoms with Gasteiger partial charge in [0.2, 0.25) is 0 Å². The molecule has 2 N–H and O–H groups in total. The maximum atomic E-state index is 12.1. The summed E-state index contributed by atoms with van der Waals surface area (Å²) >= 11 is 1.34. The first-order chi connectivity index (χ1) is 11.1. The monoisotopic (exact) mass is 329 g/mol. The average molecular weight is 329 g/mol. The number of carbonyl (C=O) groups excluding carboxylic acids is 3. The first-order valence-corrected chi connectivity index (χ1v) is 7.48. The van der Waals surface area contributed by atoms with Crippen molar-refractivity contribution in [3.8, 4) is 0 Å². The zero-order chi connectivity index (χ0) is 16.4. The van der Waals surface area contributed by atoms with Crippen LogP contribution in [0.3, 0.4) is 0 Å². The van der Waals surface area contributed by atoms with Gasteiger partial charge in [0.15, 0.2) is 5.84 Å². The quantitative estimate of drug-likeness (QED) is 0.299. The average Bonchev–Trinajstić information content (AvgIpc) is 3.17. The van der Waals surface area contributed by atoms with Gasteiger partial charge in [0.1, 0.15) is 6.54 Å². The lowest BCUT2D eigenvalue weighted by Gasteiger charge is -2.11. The van der Waals surface area contributed by atoms with Crippen molar-refractivity contribution in [1.29, 1.82) is 0 Å². The summed E-state index contributed by atoms with van der Waals surface area (Å²) in [6, 6.07) is 9.88. The number of imide groups is 1. The summed E-state index contributed by atoms with van der Waals surface area (Å²) in [6.07, 6.45) is 0. The Bertz CT molecular complexity index is 779. The van der Waals surface area contributed by atoms with Crippen LogP contribution in [0.2, 0.25) is 0 Å². The van der Waals surface area contributed by atoms with Gasteiger partial charge < -0.3 is 10.6 Å². The second-order valence-corrected chi connectivity index (χ2v) is 5.61. The number of nitrogens with two attached hydrogens (primary N) is 1. The number of amides is 2. The van der Waals surface area contributed by atoms with Crippen LogP contribution in [0.4, 0.5) is 0 Å². The van der Waals surface area contributed by atoms with E-state index >= 15 is 0 Å². The lowest BCUT2D eigenvalue weighted by molar-refractivity contribution is -0.143. The second-order valence-electron chi connectivity index (χ2n) is 4.66. The SMILES string of the molecule is N/C(=N\OC(=O)CN1C(=O)c2ccccc2C1=O)c1cccs1. The van der Waals surface area contributed by atoms with E-state index < -0.39 is 24.3 Å². The fraction of sp³-hybridized carbons (Fsp3) is 0.0667. The van der Waals surface area contributed by atoms with Crippen molar-refractivity contribution in [2.24, 2.45) is 10.9 Å². The Labute approximate surface area is 134 Å². The van der Waals surface area contributed by atoms with E-state index in [-0.39, 0.29) is 17.0 Å². The van der Waals surface area contributed by atoms with Gasteiger partial charge in [0.05, 0.1) is 16.0 Å². The second kappa shape index (κ2) is 6.01. The highest BCUT2D eigenvalue weighted by Crippen LogP contribution is 2.22. The molecule has 1 aliphatic rings. The topological polar surface area (TPSA) is 102 Å². The van der Waals surface area contributed by atoms with E-state index in [2.05, 4.69) is 9.99 Å². The minimum atomic E-state index is -0.848. The Morgan fingerprint density at radius 2 is 1.78 bits per heavy atom. The third kappa shape index (κ3) is 2.84. The van der Waals surface area contributed by atoms with Gasteiger partial charge in [-0.25, -0.2) is 4.79 Å². The smallest absolute Gasteiger partial charge is 0.354 e. The molecule has 3 rings (SSSR count). The third-order valence-corrected chi connectivity index (χ3v) is 4.08. The van der Waals surface area contributed by atoms with Gasteiger partial charge in [-0.2, -0.15) is 0 Å². The summed E-state index contributed by atoms with van der Waals surface area (Å²) < 4.78 is 0. The first kappa shape index (κ1) is 14.9. The summed E-state index contributed by atoms with van der Waals surface area (Å²) in [5.41, 5.74) is 6.20. The van der Waals surface area contributed by atoms with Crippen molar-refractivity contribution in [3.63, 3.8) is 0 Å². The highest BCUT2D eigenvalue weighted by molar-refractivity contribution is 7.12. The fourth-order valence-corrected chi connectivity index (χ4v) is 2.73. The molecular formula is C15H11N3O4S. The molecule has 0 saturated carbocycles. The van der Waals surface area contributed by atoms with E-state index in [1.165, 1.54) is 23.5 Å². The molecule has 0 bridgehead atoms. The summed E-state index contributed by atoms with van der Waals surface area (Å²) in [7, 11) is 0. The van der Waals surface area contributed by atoms with Crippen LogP contribution in [-0.2, 0) is 9.63 Å². The van der Waals surface area contributed by atoms with Crippen LogP contribution < -0.4 is 5.73 Å². The number of hydrogen-bond donors (Lipinski definition) is 1. The molecule has 8 heteroatoms. The molecule has 0 unspecified atom stereocenters. The largest absolute Gasteiger partial charge is 0.380 e. The van der Waals surface area contributed by atoms with Gasteiger partial charge in [-0.3, -0.25) is 14.5 Å². The standard InChI is InChI=1S/C15H11N3O4S/c16-13(11-6-3-7-23-11)17-22-12(19)8-18-14(20)9-4-1-2-5-10(9)15(18)21/h1-7H,8H2,(H2,16,17). The molecule has 2 heterocycles. The molecule has 0 fully saturated rings. The van der Waals surface area contributed by atoms with Gasteiger partial charge in [-0.1, -0.05) is 23.4 Å². The predicted octanol–water partition coefficient (Wildman–Crippen LogP) is 1.21. The highest BCUT2D eigenvalue weighted by Gasteiger charge is 2.36. The highest BCUT2D eigenvalue weighted by atomic mass is 32.1. The fourth-order valence-electron chi connectivity index (χ4n) is 2.11. The van der Waals surface area contributed by atoms with Crippen molar-refractivity contribution in [2.75, 3.05) is 6.54 Å². The molecule has 1 aliphatic heterocycles. The number of thiophene rings is 1. The number of carbonyl (C=O) groups is 3. The van der Waals surface area contributed by atoms with E-state index in [0.29, 0.717) is 4.88 Å². The number of hydrogen-bond acceptors (Lipinski definition) is 6. The van der Waals surface area contributed by atoms with Crippen LogP contribution in [-0.4, -0.2) is 35.1 Å². The number of oxime groups is 1. The summed E-state index contributed by atoms with van der Waals surface area (Å²) in [5, 5.41) is 5.32. The van der Waals surface area contributed by atoms with Crippen molar-refractivity contribution in [2.45, 2.75) is 0 Å². The number of benzene rings is 1. The van der Waals surface area contributed by atoms with Gasteiger partial charge in [-0.05, 0) is 23.6 Å². The molecule has 0 radical (unpaired) electrons. The van der Waals surface area contributed by atoms with Crippen molar-refractivity contribution < 1.29 is 19.2 Å².